The fourth-order valence-electron chi connectivity index (χ4n) is 2.65. The second-order valence-electron chi connectivity index (χ2n) is 6.21. The highest BCUT2D eigenvalue weighted by molar-refractivity contribution is 5.82. The number of benzene rings is 2. The topological polar surface area (TPSA) is 91.2 Å². The van der Waals surface area contributed by atoms with Crippen LogP contribution in [0.1, 0.15) is 42.2 Å². The third-order valence-corrected chi connectivity index (χ3v) is 4.12. The summed E-state index contributed by atoms with van der Waals surface area (Å²) in [6.45, 7) is 2.91. The summed E-state index contributed by atoms with van der Waals surface area (Å²) in [5.74, 6) is -2.92. The Hall–Kier alpha value is -3.31. The summed E-state index contributed by atoms with van der Waals surface area (Å²) in [6.07, 6.45) is -1.49. The van der Waals surface area contributed by atoms with Gasteiger partial charge in [-0.2, -0.15) is 5.26 Å². The summed E-state index contributed by atoms with van der Waals surface area (Å²) >= 11 is 0. The average molecular weight is 401 g/mol. The number of ether oxygens (including phenoxy) is 1. The van der Waals surface area contributed by atoms with Crippen LogP contribution < -0.4 is 10.6 Å². The molecule has 29 heavy (non-hydrogen) atoms. The molecule has 2 aromatic rings. The van der Waals surface area contributed by atoms with Crippen molar-refractivity contribution in [2.45, 2.75) is 33.0 Å². The molecule has 8 heteroatoms. The van der Waals surface area contributed by atoms with E-state index in [0.717, 1.165) is 6.07 Å². The van der Waals surface area contributed by atoms with Gasteiger partial charge in [-0.1, -0.05) is 18.2 Å². The van der Waals surface area contributed by atoms with Gasteiger partial charge in [-0.25, -0.2) is 8.78 Å². The lowest BCUT2D eigenvalue weighted by Crippen LogP contribution is -2.32. The molecule has 0 aromatic heterocycles. The smallest absolute Gasteiger partial charge is 0.254 e. The molecule has 152 valence electrons. The normalized spacial score (nSPS) is 11.4. The summed E-state index contributed by atoms with van der Waals surface area (Å²) < 4.78 is 34.6. The number of carbonyl (C=O) groups excluding carboxylic acids is 2. The first-order chi connectivity index (χ1) is 13.9. The molecule has 0 aliphatic heterocycles. The van der Waals surface area contributed by atoms with E-state index in [1.807, 2.05) is 6.07 Å². The number of carbonyl (C=O) groups is 2. The predicted octanol–water partition coefficient (Wildman–Crippen LogP) is 2.87. The van der Waals surface area contributed by atoms with Crippen LogP contribution in [-0.4, -0.2) is 18.4 Å². The van der Waals surface area contributed by atoms with E-state index in [2.05, 4.69) is 10.6 Å². The van der Waals surface area contributed by atoms with Crippen molar-refractivity contribution in [1.82, 2.24) is 10.6 Å². The fraction of sp³-hybridized carbons (Fsp3) is 0.286. The van der Waals surface area contributed by atoms with E-state index in [4.69, 9.17) is 10.00 Å². The Morgan fingerprint density at radius 2 is 1.79 bits per heavy atom. The van der Waals surface area contributed by atoms with Gasteiger partial charge in [0.05, 0.1) is 17.2 Å². The second kappa shape index (κ2) is 10.3. The van der Waals surface area contributed by atoms with Crippen LogP contribution >= 0.6 is 0 Å². The van der Waals surface area contributed by atoms with Crippen LogP contribution in [0.15, 0.2) is 36.4 Å². The van der Waals surface area contributed by atoms with E-state index < -0.39 is 29.2 Å². The average Bonchev–Trinajstić information content (AvgIpc) is 2.71. The molecule has 0 saturated carbocycles. The molecule has 0 aliphatic carbocycles. The van der Waals surface area contributed by atoms with Crippen LogP contribution in [0, 0.1) is 23.0 Å². The Balaban J connectivity index is 2.22. The second-order valence-corrected chi connectivity index (χ2v) is 6.21. The molecule has 0 fully saturated rings. The van der Waals surface area contributed by atoms with Gasteiger partial charge in [-0.15, -0.1) is 0 Å². The first kappa shape index (κ1) is 22.0. The zero-order chi connectivity index (χ0) is 21.4. The van der Waals surface area contributed by atoms with Crippen LogP contribution in [0.2, 0.25) is 0 Å². The third kappa shape index (κ3) is 5.83. The highest BCUT2D eigenvalue weighted by Crippen LogP contribution is 2.27. The molecular weight excluding hydrogens is 380 g/mol. The Bertz CT molecular complexity index is 924. The van der Waals surface area contributed by atoms with E-state index in [0.29, 0.717) is 11.1 Å². The van der Waals surface area contributed by atoms with Gasteiger partial charge in [0.25, 0.3) is 5.91 Å². The van der Waals surface area contributed by atoms with Gasteiger partial charge >= 0.3 is 0 Å². The van der Waals surface area contributed by atoms with Gasteiger partial charge in [0.2, 0.25) is 5.91 Å². The minimum atomic E-state index is -1.49. The number of hydrogen-bond donors (Lipinski definition) is 2. The van der Waals surface area contributed by atoms with Gasteiger partial charge < -0.3 is 15.4 Å². The molecule has 2 rings (SSSR count). The summed E-state index contributed by atoms with van der Waals surface area (Å²) in [5.41, 5.74) is 0.730. The summed E-state index contributed by atoms with van der Waals surface area (Å²) in [5, 5.41) is 13.9. The molecule has 0 saturated heterocycles. The first-order valence-electron chi connectivity index (χ1n) is 8.96. The predicted molar refractivity (Wildman–Crippen MR) is 101 cm³/mol. The number of halogens is 2. The van der Waals surface area contributed by atoms with Crippen molar-refractivity contribution in [1.29, 1.82) is 5.26 Å². The van der Waals surface area contributed by atoms with Crippen LogP contribution in [0.4, 0.5) is 8.78 Å². The number of nitrogens with zero attached hydrogens (tertiary/aromatic N) is 1. The lowest BCUT2D eigenvalue weighted by atomic mass is 10.0. The van der Waals surface area contributed by atoms with E-state index in [9.17, 15) is 18.4 Å². The lowest BCUT2D eigenvalue weighted by Gasteiger charge is -2.20. The quantitative estimate of drug-likeness (QED) is 0.712. The molecule has 2 amide bonds. The maximum Gasteiger partial charge on any atom is 0.254 e. The standard InChI is InChI=1S/C21H21F2N3O3/c1-3-29-20(21(28)26-11-15-6-4-14(10-24)5-7-15)18-17(22)9-8-16(19(18)23)12-25-13(2)27/h4-9,20H,3,11-12H2,1-2H3,(H,25,27)(H,26,28). The Morgan fingerprint density at radius 1 is 1.10 bits per heavy atom. The molecule has 0 spiro atoms. The van der Waals surface area contributed by atoms with Crippen LogP contribution in [0.3, 0.4) is 0 Å². The van der Waals surface area contributed by atoms with Crippen molar-refractivity contribution in [3.05, 3.63) is 70.3 Å². The number of rotatable bonds is 8. The molecule has 0 aliphatic rings. The van der Waals surface area contributed by atoms with Crippen molar-refractivity contribution < 1.29 is 23.1 Å². The van der Waals surface area contributed by atoms with Crippen LogP contribution in [0.5, 0.6) is 0 Å². The SMILES string of the molecule is CCOC(C(=O)NCc1ccc(C#N)cc1)c1c(F)ccc(CNC(C)=O)c1F. The maximum absolute atomic E-state index is 14.9. The number of nitrogens with one attached hydrogen (secondary N) is 2. The molecule has 6 nitrogen and oxygen atoms in total. The Kier molecular flexibility index (Phi) is 7.80. The van der Waals surface area contributed by atoms with Crippen LogP contribution in [-0.2, 0) is 27.4 Å². The number of amides is 2. The number of nitriles is 1. The summed E-state index contributed by atoms with van der Waals surface area (Å²) in [6, 6.07) is 10.8. The van der Waals surface area contributed by atoms with Crippen molar-refractivity contribution >= 4 is 11.8 Å². The molecule has 0 bridgehead atoms. The molecular formula is C21H21F2N3O3. The third-order valence-electron chi connectivity index (χ3n) is 4.12. The van der Waals surface area contributed by atoms with Gasteiger partial charge in [0.1, 0.15) is 11.6 Å². The van der Waals surface area contributed by atoms with Gasteiger partial charge in [-0.05, 0) is 30.7 Å². The largest absolute Gasteiger partial charge is 0.364 e. The Morgan fingerprint density at radius 3 is 2.38 bits per heavy atom. The number of hydrogen-bond acceptors (Lipinski definition) is 4. The minimum Gasteiger partial charge on any atom is -0.364 e. The summed E-state index contributed by atoms with van der Waals surface area (Å²) in [4.78, 5) is 23.7. The summed E-state index contributed by atoms with van der Waals surface area (Å²) in [7, 11) is 0. The van der Waals surface area contributed by atoms with Crippen molar-refractivity contribution in [2.75, 3.05) is 6.61 Å². The van der Waals surface area contributed by atoms with Crippen LogP contribution in [0.25, 0.3) is 0 Å². The zero-order valence-electron chi connectivity index (χ0n) is 16.1. The van der Waals surface area contributed by atoms with E-state index in [-0.39, 0.29) is 31.2 Å². The molecule has 0 heterocycles. The first-order valence-corrected chi connectivity index (χ1v) is 8.96. The van der Waals surface area contributed by atoms with E-state index in [1.165, 1.54) is 13.0 Å². The molecule has 1 unspecified atom stereocenters. The molecule has 2 N–H and O–H groups in total. The maximum atomic E-state index is 14.9. The van der Waals surface area contributed by atoms with Crippen molar-refractivity contribution in [2.24, 2.45) is 0 Å². The highest BCUT2D eigenvalue weighted by Gasteiger charge is 2.29. The van der Waals surface area contributed by atoms with E-state index >= 15 is 0 Å². The minimum absolute atomic E-state index is 0.0428. The monoisotopic (exact) mass is 401 g/mol. The van der Waals surface area contributed by atoms with Gasteiger partial charge in [-0.3, -0.25) is 9.59 Å². The van der Waals surface area contributed by atoms with Gasteiger partial charge in [0.15, 0.2) is 6.10 Å². The molecule has 0 radical (unpaired) electrons. The van der Waals surface area contributed by atoms with Crippen molar-refractivity contribution in [3.8, 4) is 6.07 Å². The lowest BCUT2D eigenvalue weighted by molar-refractivity contribution is -0.133. The highest BCUT2D eigenvalue weighted by atomic mass is 19.1. The Labute approximate surface area is 167 Å². The fourth-order valence-corrected chi connectivity index (χ4v) is 2.65. The van der Waals surface area contributed by atoms with E-state index in [1.54, 1.807) is 31.2 Å². The van der Waals surface area contributed by atoms with Crippen molar-refractivity contribution in [3.63, 3.8) is 0 Å². The van der Waals surface area contributed by atoms with Gasteiger partial charge in [0, 0.05) is 32.2 Å². The zero-order valence-corrected chi connectivity index (χ0v) is 16.1. The molecule has 1 atom stereocenters. The molecule has 2 aromatic carbocycles.